The molecule has 456 valence electrons. The van der Waals surface area contributed by atoms with Gasteiger partial charge in [0.05, 0.1) is 23.5 Å². The van der Waals surface area contributed by atoms with Crippen LogP contribution >= 0.6 is 0 Å². The molecule has 6 N–H and O–H groups in total. The molecule has 6 aromatic carbocycles. The lowest BCUT2D eigenvalue weighted by atomic mass is 9.94. The summed E-state index contributed by atoms with van der Waals surface area (Å²) in [5.74, 6) is 0.819. The number of aliphatic hydroxyl groups is 2. The van der Waals surface area contributed by atoms with E-state index >= 15 is 0 Å². The summed E-state index contributed by atoms with van der Waals surface area (Å²) < 4.78 is 39.7. The molecule has 0 bridgehead atoms. The smallest absolute Gasteiger partial charge is 0.318 e. The van der Waals surface area contributed by atoms with Gasteiger partial charge in [-0.2, -0.15) is 0 Å². The van der Waals surface area contributed by atoms with Crippen molar-refractivity contribution < 1.29 is 52.1 Å². The third-order valence-corrected chi connectivity index (χ3v) is 16.6. The lowest BCUT2D eigenvalue weighted by Crippen LogP contribution is -2.44. The lowest BCUT2D eigenvalue weighted by molar-refractivity contribution is 0.0343. The molecule has 4 aromatic heterocycles. The van der Waals surface area contributed by atoms with Gasteiger partial charge in [-0.1, -0.05) is 97.1 Å². The number of fused-ring (bicyclic) bond motifs is 5. The second kappa shape index (κ2) is 25.0. The number of furan rings is 2. The first-order chi connectivity index (χ1) is 43.7. The number of pyridine rings is 2. The minimum absolute atomic E-state index is 0.0734. The average Bonchev–Trinajstić information content (AvgIpc) is 1.60. The lowest BCUT2D eigenvalue weighted by Gasteiger charge is -2.28. The van der Waals surface area contributed by atoms with Crippen LogP contribution < -0.4 is 30.7 Å². The Labute approximate surface area is 517 Å². The molecule has 90 heavy (non-hydrogen) atoms. The van der Waals surface area contributed by atoms with Crippen LogP contribution in [0, 0.1) is 5.82 Å². The van der Waals surface area contributed by atoms with Crippen LogP contribution in [0.25, 0.3) is 67.1 Å². The molecule has 0 saturated heterocycles. The van der Waals surface area contributed by atoms with Crippen molar-refractivity contribution in [2.24, 2.45) is 0 Å². The molecular weight excluding hydrogens is 1140 g/mol. The zero-order valence-corrected chi connectivity index (χ0v) is 49.7. The van der Waals surface area contributed by atoms with E-state index in [-0.39, 0.29) is 82.1 Å². The van der Waals surface area contributed by atoms with Crippen LogP contribution in [0.3, 0.4) is 0 Å². The van der Waals surface area contributed by atoms with Crippen molar-refractivity contribution in [1.82, 2.24) is 41.0 Å². The molecule has 19 heteroatoms. The minimum Gasteiger partial charge on any atom is -0.456 e. The molecule has 0 saturated carbocycles. The number of ether oxygens (including phenoxy) is 2. The quantitative estimate of drug-likeness (QED) is 0.0471. The molecule has 0 radical (unpaired) electrons. The number of carbonyl (C=O) groups excluding carboxylic acids is 4. The van der Waals surface area contributed by atoms with Gasteiger partial charge in [0.25, 0.3) is 11.8 Å². The molecule has 13 rings (SSSR count). The highest BCUT2D eigenvalue weighted by Gasteiger charge is 2.40. The molecular formula is C71H65FN8O10. The standard InChI is InChI=1S/C71H65FN8O10/c1-40(2)75-70(85)79-38-50-32-53(77-66(64(50)55(79)24-26-81)47-17-10-15-43(30-47)60-34-45-12-5-8-20-57(45)87-60)68(83)73-36-42-22-23-59-62(29-42)90-63(89-59)28-41(3)76-71(86)80-39-51-33-54(69(84)74-37-49-14-4-7-19-52(49)72)78-67(65(51)56(80)25-27-82)48-18-11-16-44(31-48)61-35-46-13-6-9-21-58(46)88-61/h4-23,29-35,40-41,55-56,63,81-82H,24-28,36-39H2,1-3H3,(H,73,83)(H,74,84)(H,75,85)(H,76,86)/t41?,55-,56-,63?/m1/s1. The largest absolute Gasteiger partial charge is 0.456 e. The van der Waals surface area contributed by atoms with Gasteiger partial charge in [-0.15, -0.1) is 0 Å². The minimum atomic E-state index is -0.777. The van der Waals surface area contributed by atoms with Crippen molar-refractivity contribution in [1.29, 1.82) is 0 Å². The van der Waals surface area contributed by atoms with E-state index in [4.69, 9.17) is 28.3 Å². The van der Waals surface area contributed by atoms with E-state index in [1.807, 2.05) is 136 Å². The van der Waals surface area contributed by atoms with Gasteiger partial charge in [0, 0.05) is 108 Å². The van der Waals surface area contributed by atoms with Crippen LogP contribution in [0.5, 0.6) is 11.5 Å². The Morgan fingerprint density at radius 2 is 1.08 bits per heavy atom. The Hall–Kier alpha value is -10.4. The average molecular weight is 1210 g/mol. The summed E-state index contributed by atoms with van der Waals surface area (Å²) in [4.78, 5) is 69.8. The Morgan fingerprint density at radius 3 is 1.62 bits per heavy atom. The van der Waals surface area contributed by atoms with Crippen LogP contribution in [0.15, 0.2) is 173 Å². The van der Waals surface area contributed by atoms with Crippen LogP contribution in [0.4, 0.5) is 14.0 Å². The van der Waals surface area contributed by atoms with Crippen LogP contribution in [0.1, 0.15) is 106 Å². The molecule has 10 aromatic rings. The topological polar surface area (TPSA) is 234 Å². The highest BCUT2D eigenvalue weighted by atomic mass is 19.1. The van der Waals surface area contributed by atoms with Crippen molar-refractivity contribution in [3.63, 3.8) is 0 Å². The van der Waals surface area contributed by atoms with Gasteiger partial charge in [-0.05, 0) is 117 Å². The van der Waals surface area contributed by atoms with Gasteiger partial charge in [0.1, 0.15) is 39.9 Å². The van der Waals surface area contributed by atoms with E-state index < -0.39 is 48.1 Å². The number of urea groups is 2. The van der Waals surface area contributed by atoms with Gasteiger partial charge in [0.2, 0.25) is 6.29 Å². The summed E-state index contributed by atoms with van der Waals surface area (Å²) >= 11 is 0. The summed E-state index contributed by atoms with van der Waals surface area (Å²) in [6, 6.07) is 47.2. The maximum Gasteiger partial charge on any atom is 0.318 e. The number of nitrogens with one attached hydrogen (secondary N) is 4. The number of rotatable bonds is 18. The SMILES string of the molecule is CC(C)NC(=O)N1Cc2cc(C(=O)NCc3ccc4c(c3)OC(CC(C)NC(=O)N3Cc5cc(C(=O)NCc6ccccc6F)nc(-c6cccc(-c7cc8ccccc8o7)c6)c5[C@H]3CCO)O4)nc(-c3cccc(-c4cc5ccccc5o4)c3)c2[C@H]1CCO. The number of amides is 6. The van der Waals surface area contributed by atoms with Crippen molar-refractivity contribution >= 4 is 45.8 Å². The highest BCUT2D eigenvalue weighted by molar-refractivity contribution is 5.95. The normalized spacial score (nSPS) is 15.9. The molecule has 6 amide bonds. The van der Waals surface area contributed by atoms with Crippen LogP contribution in [-0.4, -0.2) is 85.4 Å². The number of benzene rings is 6. The molecule has 4 atom stereocenters. The number of aromatic nitrogens is 2. The number of nitrogens with zero attached hydrogens (tertiary/aromatic N) is 4. The fraction of sp³-hybridized carbons (Fsp3) is 0.239. The van der Waals surface area contributed by atoms with Gasteiger partial charge in [0.15, 0.2) is 11.5 Å². The number of carbonyl (C=O) groups is 4. The van der Waals surface area contributed by atoms with Gasteiger partial charge < -0.3 is 59.6 Å². The van der Waals surface area contributed by atoms with Crippen LogP contribution in [-0.2, 0) is 26.2 Å². The van der Waals surface area contributed by atoms with E-state index in [1.165, 1.54) is 6.07 Å². The molecule has 3 aliphatic heterocycles. The molecule has 2 unspecified atom stereocenters. The summed E-state index contributed by atoms with van der Waals surface area (Å²) in [7, 11) is 0. The molecule has 0 fully saturated rings. The Bertz CT molecular complexity index is 4340. The third-order valence-electron chi connectivity index (χ3n) is 16.6. The summed E-state index contributed by atoms with van der Waals surface area (Å²) in [6.45, 7) is 5.50. The Balaban J connectivity index is 0.700. The number of hydrogen-bond acceptors (Lipinski definition) is 12. The Morgan fingerprint density at radius 1 is 0.567 bits per heavy atom. The number of hydrogen-bond donors (Lipinski definition) is 6. The first-order valence-corrected chi connectivity index (χ1v) is 30.1. The molecule has 0 spiro atoms. The molecule has 3 aliphatic rings. The maximum absolute atomic E-state index is 14.7. The van der Waals surface area contributed by atoms with Crippen molar-refractivity contribution in [3.8, 4) is 56.7 Å². The zero-order valence-electron chi connectivity index (χ0n) is 49.7. The summed E-state index contributed by atoms with van der Waals surface area (Å²) in [5.41, 5.74) is 9.49. The summed E-state index contributed by atoms with van der Waals surface area (Å²) in [5, 5.41) is 34.7. The van der Waals surface area contributed by atoms with Gasteiger partial charge in [-0.3, -0.25) is 9.59 Å². The van der Waals surface area contributed by atoms with E-state index in [0.29, 0.717) is 62.2 Å². The fourth-order valence-electron chi connectivity index (χ4n) is 12.4. The first-order valence-electron chi connectivity index (χ1n) is 30.1. The number of aliphatic hydroxyl groups excluding tert-OH is 2. The summed E-state index contributed by atoms with van der Waals surface area (Å²) in [6.07, 6.45) is -0.0995. The first kappa shape index (κ1) is 58.6. The second-order valence-electron chi connectivity index (χ2n) is 23.2. The van der Waals surface area contributed by atoms with Crippen LogP contribution in [0.2, 0.25) is 0 Å². The Kier molecular flexibility index (Phi) is 16.3. The number of para-hydroxylation sites is 2. The maximum atomic E-state index is 14.7. The van der Waals surface area contributed by atoms with E-state index in [2.05, 4.69) is 21.3 Å². The van der Waals surface area contributed by atoms with Crippen molar-refractivity contribution in [2.45, 2.75) is 96.7 Å². The van der Waals surface area contributed by atoms with E-state index in [9.17, 15) is 33.8 Å². The third kappa shape index (κ3) is 11.9. The monoisotopic (exact) mass is 1210 g/mol. The predicted octanol–water partition coefficient (Wildman–Crippen LogP) is 12.5. The fourth-order valence-corrected chi connectivity index (χ4v) is 12.4. The molecule has 0 aliphatic carbocycles. The van der Waals surface area contributed by atoms with E-state index in [1.54, 1.807) is 52.3 Å². The van der Waals surface area contributed by atoms with Crippen molar-refractivity contribution in [2.75, 3.05) is 13.2 Å². The predicted molar refractivity (Wildman–Crippen MR) is 336 cm³/mol. The molecule has 7 heterocycles. The van der Waals surface area contributed by atoms with Gasteiger partial charge >= 0.3 is 12.1 Å². The molecule has 18 nitrogen and oxygen atoms in total. The van der Waals surface area contributed by atoms with Crippen molar-refractivity contribution in [3.05, 3.63) is 214 Å². The zero-order chi connectivity index (χ0) is 62.2. The second-order valence-corrected chi connectivity index (χ2v) is 23.2. The highest BCUT2D eigenvalue weighted by Crippen LogP contribution is 2.45. The van der Waals surface area contributed by atoms with Gasteiger partial charge in [-0.25, -0.2) is 23.9 Å². The van der Waals surface area contributed by atoms with E-state index in [0.717, 1.165) is 49.8 Å². The number of halogens is 1.